The third-order valence-electron chi connectivity index (χ3n) is 2.76. The van der Waals surface area contributed by atoms with E-state index in [0.29, 0.717) is 6.42 Å². The average molecular weight is 244 g/mol. The van der Waals surface area contributed by atoms with Crippen molar-refractivity contribution in [1.29, 1.82) is 0 Å². The van der Waals surface area contributed by atoms with E-state index in [-0.39, 0.29) is 12.4 Å². The van der Waals surface area contributed by atoms with Crippen LogP contribution >= 0.6 is 0 Å². The van der Waals surface area contributed by atoms with Crippen LogP contribution in [0.5, 0.6) is 0 Å². The third kappa shape index (κ3) is 3.34. The average Bonchev–Trinajstić information content (AvgIpc) is 2.39. The molecule has 2 aromatic rings. The summed E-state index contributed by atoms with van der Waals surface area (Å²) < 4.78 is 4.80. The van der Waals surface area contributed by atoms with Crippen molar-refractivity contribution in [2.75, 3.05) is 13.7 Å². The molecule has 4 nitrogen and oxygen atoms in total. The number of carbonyl (C=O) groups is 1. The molecule has 0 amide bonds. The highest BCUT2D eigenvalue weighted by Crippen LogP contribution is 2.13. The summed E-state index contributed by atoms with van der Waals surface area (Å²) in [6.45, 7) is 0.212. The molecular formula is C14H16N2O2. The van der Waals surface area contributed by atoms with E-state index in [1.165, 1.54) is 5.56 Å². The maximum atomic E-state index is 11.3. The van der Waals surface area contributed by atoms with Crippen LogP contribution in [0.3, 0.4) is 0 Å². The minimum Gasteiger partial charge on any atom is -0.377 e. The van der Waals surface area contributed by atoms with Crippen molar-refractivity contribution in [3.8, 4) is 0 Å². The maximum Gasteiger partial charge on any atom is 0.158 e. The van der Waals surface area contributed by atoms with E-state index in [9.17, 15) is 4.79 Å². The highest BCUT2D eigenvalue weighted by atomic mass is 16.5. The van der Waals surface area contributed by atoms with E-state index < -0.39 is 0 Å². The Labute approximate surface area is 106 Å². The van der Waals surface area contributed by atoms with E-state index >= 15 is 0 Å². The molecule has 0 aliphatic carbocycles. The fourth-order valence-corrected chi connectivity index (χ4v) is 1.89. The van der Waals surface area contributed by atoms with Crippen molar-refractivity contribution in [3.63, 3.8) is 0 Å². The number of aryl methyl sites for hydroxylation is 1. The van der Waals surface area contributed by atoms with Gasteiger partial charge in [0.1, 0.15) is 6.61 Å². The van der Waals surface area contributed by atoms with E-state index in [4.69, 9.17) is 4.74 Å². The molecule has 0 bridgehead atoms. The lowest BCUT2D eigenvalue weighted by Crippen LogP contribution is -2.06. The number of benzene rings is 1. The molecule has 0 atom stereocenters. The number of rotatable bonds is 6. The molecule has 0 saturated carbocycles. The fourth-order valence-electron chi connectivity index (χ4n) is 1.89. The number of methoxy groups -OCH3 is 1. The number of nitrogens with zero attached hydrogens (tertiary/aromatic N) is 2. The topological polar surface area (TPSA) is 52.1 Å². The smallest absolute Gasteiger partial charge is 0.158 e. The third-order valence-corrected chi connectivity index (χ3v) is 2.76. The van der Waals surface area contributed by atoms with Gasteiger partial charge in [0.25, 0.3) is 0 Å². The molecule has 1 aromatic carbocycles. The number of hydrogen-bond acceptors (Lipinski definition) is 4. The summed E-state index contributed by atoms with van der Waals surface area (Å²) in [5.41, 5.74) is 2.99. The Morgan fingerprint density at radius 2 is 2.00 bits per heavy atom. The summed E-state index contributed by atoms with van der Waals surface area (Å²) in [5, 5.41) is 0. The SMILES string of the molecule is COCC(=O)CCCc1ccc2nccnc2c1. The second-order valence-electron chi connectivity index (χ2n) is 4.20. The molecule has 1 aromatic heterocycles. The molecular weight excluding hydrogens is 228 g/mol. The van der Waals surface area contributed by atoms with Gasteiger partial charge in [-0.15, -0.1) is 0 Å². The van der Waals surface area contributed by atoms with Crippen LogP contribution < -0.4 is 0 Å². The van der Waals surface area contributed by atoms with Crippen LogP contribution in [0.1, 0.15) is 18.4 Å². The first-order valence-corrected chi connectivity index (χ1v) is 6.00. The van der Waals surface area contributed by atoms with Crippen molar-refractivity contribution in [3.05, 3.63) is 36.2 Å². The predicted octanol–water partition coefficient (Wildman–Crippen LogP) is 2.17. The number of ether oxygens (including phenoxy) is 1. The molecule has 0 saturated heterocycles. The van der Waals surface area contributed by atoms with Gasteiger partial charge >= 0.3 is 0 Å². The zero-order chi connectivity index (χ0) is 12.8. The first kappa shape index (κ1) is 12.6. The van der Waals surface area contributed by atoms with Crippen molar-refractivity contribution in [2.24, 2.45) is 0 Å². The van der Waals surface area contributed by atoms with Gasteiger partial charge in [0.05, 0.1) is 11.0 Å². The summed E-state index contributed by atoms with van der Waals surface area (Å²) in [6, 6.07) is 6.04. The molecule has 1 heterocycles. The Balaban J connectivity index is 1.93. The Bertz CT molecular complexity index is 540. The Hall–Kier alpha value is -1.81. The van der Waals surface area contributed by atoms with E-state index in [2.05, 4.69) is 9.97 Å². The van der Waals surface area contributed by atoms with Crippen LogP contribution in [0.25, 0.3) is 11.0 Å². The van der Waals surface area contributed by atoms with Gasteiger partial charge in [-0.2, -0.15) is 0 Å². The molecule has 18 heavy (non-hydrogen) atoms. The van der Waals surface area contributed by atoms with Crippen LogP contribution in [-0.2, 0) is 16.0 Å². The van der Waals surface area contributed by atoms with Gasteiger partial charge in [-0.1, -0.05) is 6.07 Å². The van der Waals surface area contributed by atoms with E-state index in [0.717, 1.165) is 23.9 Å². The van der Waals surface area contributed by atoms with Crippen LogP contribution in [0.4, 0.5) is 0 Å². The minimum atomic E-state index is 0.151. The molecule has 0 spiro atoms. The predicted molar refractivity (Wildman–Crippen MR) is 69.4 cm³/mol. The van der Waals surface area contributed by atoms with Crippen molar-refractivity contribution in [2.45, 2.75) is 19.3 Å². The molecule has 0 aliphatic rings. The van der Waals surface area contributed by atoms with Crippen molar-refractivity contribution >= 4 is 16.8 Å². The zero-order valence-electron chi connectivity index (χ0n) is 10.4. The van der Waals surface area contributed by atoms with Crippen LogP contribution in [0.15, 0.2) is 30.6 Å². The second kappa shape index (κ2) is 6.21. The van der Waals surface area contributed by atoms with Gasteiger partial charge in [-0.25, -0.2) is 0 Å². The van der Waals surface area contributed by atoms with Crippen molar-refractivity contribution < 1.29 is 9.53 Å². The molecule has 94 valence electrons. The molecule has 0 radical (unpaired) electrons. The number of hydrogen-bond donors (Lipinski definition) is 0. The van der Waals surface area contributed by atoms with Crippen LogP contribution in [-0.4, -0.2) is 29.5 Å². The lowest BCUT2D eigenvalue weighted by molar-refractivity contribution is -0.122. The number of carbonyl (C=O) groups excluding carboxylic acids is 1. The molecule has 0 aliphatic heterocycles. The van der Waals surface area contributed by atoms with Crippen LogP contribution in [0, 0.1) is 0 Å². The van der Waals surface area contributed by atoms with Gasteiger partial charge in [-0.3, -0.25) is 14.8 Å². The lowest BCUT2D eigenvalue weighted by Gasteiger charge is -2.03. The van der Waals surface area contributed by atoms with Gasteiger partial charge in [0.15, 0.2) is 5.78 Å². The number of ketones is 1. The monoisotopic (exact) mass is 244 g/mol. The number of Topliss-reactive ketones (excluding diaryl/α,β-unsaturated/α-hetero) is 1. The quantitative estimate of drug-likeness (QED) is 0.781. The maximum absolute atomic E-state index is 11.3. The van der Waals surface area contributed by atoms with E-state index in [1.807, 2.05) is 18.2 Å². The zero-order valence-corrected chi connectivity index (χ0v) is 10.4. The van der Waals surface area contributed by atoms with Gasteiger partial charge in [0.2, 0.25) is 0 Å². The normalized spacial score (nSPS) is 10.7. The van der Waals surface area contributed by atoms with Crippen LogP contribution in [0.2, 0.25) is 0 Å². The number of aromatic nitrogens is 2. The Kier molecular flexibility index (Phi) is 4.36. The molecule has 0 N–H and O–H groups in total. The summed E-state index contributed by atoms with van der Waals surface area (Å²) in [6.07, 6.45) is 5.65. The summed E-state index contributed by atoms with van der Waals surface area (Å²) in [4.78, 5) is 19.8. The number of fused-ring (bicyclic) bond motifs is 1. The fraction of sp³-hybridized carbons (Fsp3) is 0.357. The first-order valence-electron chi connectivity index (χ1n) is 6.00. The largest absolute Gasteiger partial charge is 0.377 e. The molecule has 0 fully saturated rings. The van der Waals surface area contributed by atoms with Crippen molar-refractivity contribution in [1.82, 2.24) is 9.97 Å². The minimum absolute atomic E-state index is 0.151. The second-order valence-corrected chi connectivity index (χ2v) is 4.20. The molecule has 2 rings (SSSR count). The summed E-state index contributed by atoms with van der Waals surface area (Å²) in [7, 11) is 1.54. The molecule has 4 heteroatoms. The van der Waals surface area contributed by atoms with Gasteiger partial charge < -0.3 is 4.74 Å². The highest BCUT2D eigenvalue weighted by Gasteiger charge is 2.02. The summed E-state index contributed by atoms with van der Waals surface area (Å²) in [5.74, 6) is 0.151. The molecule has 0 unspecified atom stereocenters. The lowest BCUT2D eigenvalue weighted by atomic mass is 10.1. The van der Waals surface area contributed by atoms with E-state index in [1.54, 1.807) is 19.5 Å². The standard InChI is InChI=1S/C14H16N2O2/c1-18-10-12(17)4-2-3-11-5-6-13-14(9-11)16-8-7-15-13/h5-9H,2-4,10H2,1H3. The van der Waals surface area contributed by atoms with Gasteiger partial charge in [-0.05, 0) is 30.5 Å². The van der Waals surface area contributed by atoms with Gasteiger partial charge in [0, 0.05) is 25.9 Å². The Morgan fingerprint density at radius 1 is 1.22 bits per heavy atom. The highest BCUT2D eigenvalue weighted by molar-refractivity contribution is 5.79. The first-order chi connectivity index (χ1) is 8.79. The summed E-state index contributed by atoms with van der Waals surface area (Å²) >= 11 is 0. The Morgan fingerprint density at radius 3 is 2.78 bits per heavy atom.